The molecule has 1 atom stereocenters. The van der Waals surface area contributed by atoms with Crippen molar-refractivity contribution >= 4 is 45.6 Å². The van der Waals surface area contributed by atoms with Crippen LogP contribution in [0.2, 0.25) is 5.02 Å². The Morgan fingerprint density at radius 2 is 2.00 bits per heavy atom. The molecular weight excluding hydrogens is 403 g/mol. The van der Waals surface area contributed by atoms with Gasteiger partial charge in [-0.25, -0.2) is 0 Å². The van der Waals surface area contributed by atoms with Crippen molar-refractivity contribution in [3.8, 4) is 0 Å². The quantitative estimate of drug-likeness (QED) is 0.398. The molecule has 0 spiro atoms. The number of benzene rings is 2. The second-order valence-corrected chi connectivity index (χ2v) is 6.33. The van der Waals surface area contributed by atoms with Crippen LogP contribution in [0.4, 0.5) is 11.4 Å². The van der Waals surface area contributed by atoms with E-state index in [1.165, 1.54) is 6.07 Å². The minimum absolute atomic E-state index is 0.112. The highest BCUT2D eigenvalue weighted by atomic mass is 127. The second kappa shape index (κ2) is 6.62. The van der Waals surface area contributed by atoms with E-state index >= 15 is 0 Å². The molecule has 0 heterocycles. The molecule has 21 heavy (non-hydrogen) atoms. The molecule has 1 unspecified atom stereocenters. The zero-order chi connectivity index (χ0) is 15.6. The van der Waals surface area contributed by atoms with Gasteiger partial charge in [-0.05, 0) is 59.3 Å². The fourth-order valence-corrected chi connectivity index (χ4v) is 2.97. The van der Waals surface area contributed by atoms with Crippen molar-refractivity contribution in [3.63, 3.8) is 0 Å². The van der Waals surface area contributed by atoms with Gasteiger partial charge in [-0.1, -0.05) is 23.7 Å². The number of nitrogens with zero attached hydrogens (tertiary/aromatic N) is 2. The van der Waals surface area contributed by atoms with Crippen LogP contribution in [0.5, 0.6) is 0 Å². The molecule has 0 saturated heterocycles. The topological polar surface area (TPSA) is 46.4 Å². The number of halogens is 2. The fourth-order valence-electron chi connectivity index (χ4n) is 2.08. The summed E-state index contributed by atoms with van der Waals surface area (Å²) in [6.07, 6.45) is 0. The van der Waals surface area contributed by atoms with E-state index in [4.69, 9.17) is 11.6 Å². The van der Waals surface area contributed by atoms with Crippen molar-refractivity contribution < 1.29 is 4.92 Å². The van der Waals surface area contributed by atoms with E-state index in [1.807, 2.05) is 60.0 Å². The zero-order valence-electron chi connectivity index (χ0n) is 11.6. The first-order chi connectivity index (χ1) is 9.90. The van der Waals surface area contributed by atoms with E-state index in [2.05, 4.69) is 11.8 Å². The molecule has 0 aliphatic heterocycles. The molecular formula is C15H14ClIN2O2. The molecule has 0 amide bonds. The third kappa shape index (κ3) is 3.65. The number of hydrogen-bond donors (Lipinski definition) is 0. The summed E-state index contributed by atoms with van der Waals surface area (Å²) >= 11 is 8.01. The Labute approximate surface area is 142 Å². The summed E-state index contributed by atoms with van der Waals surface area (Å²) in [5.74, 6) is 0. The van der Waals surface area contributed by atoms with E-state index in [0.717, 1.165) is 11.3 Å². The molecule has 2 aromatic carbocycles. The highest BCUT2D eigenvalue weighted by Crippen LogP contribution is 2.30. The lowest BCUT2D eigenvalue weighted by molar-refractivity contribution is -0.385. The molecule has 2 rings (SSSR count). The molecule has 0 aromatic heterocycles. The molecule has 0 saturated carbocycles. The van der Waals surface area contributed by atoms with Gasteiger partial charge in [-0.15, -0.1) is 0 Å². The van der Waals surface area contributed by atoms with Crippen LogP contribution in [0.3, 0.4) is 0 Å². The van der Waals surface area contributed by atoms with Gasteiger partial charge < -0.3 is 4.90 Å². The van der Waals surface area contributed by atoms with Crippen LogP contribution >= 0.6 is 34.2 Å². The van der Waals surface area contributed by atoms with E-state index in [1.54, 1.807) is 6.07 Å². The highest BCUT2D eigenvalue weighted by Gasteiger charge is 2.17. The minimum Gasteiger partial charge on any atom is -0.368 e. The molecule has 0 aliphatic rings. The second-order valence-electron chi connectivity index (χ2n) is 4.73. The van der Waals surface area contributed by atoms with E-state index in [9.17, 15) is 10.1 Å². The number of nitro groups is 1. The van der Waals surface area contributed by atoms with Crippen molar-refractivity contribution in [1.29, 1.82) is 0 Å². The molecule has 0 aliphatic carbocycles. The van der Waals surface area contributed by atoms with Crippen molar-refractivity contribution in [2.75, 3.05) is 11.9 Å². The average Bonchev–Trinajstić information content (AvgIpc) is 2.45. The van der Waals surface area contributed by atoms with Crippen molar-refractivity contribution in [1.82, 2.24) is 0 Å². The Kier molecular flexibility index (Phi) is 5.05. The summed E-state index contributed by atoms with van der Waals surface area (Å²) in [4.78, 5) is 12.6. The van der Waals surface area contributed by atoms with E-state index in [-0.39, 0.29) is 16.7 Å². The van der Waals surface area contributed by atoms with E-state index in [0.29, 0.717) is 8.59 Å². The van der Waals surface area contributed by atoms with Gasteiger partial charge >= 0.3 is 0 Å². The SMILES string of the molecule is CC(c1cccc(Cl)c1)N(C)c1ccc([N+](=O)[O-])c(I)c1. The molecule has 0 bridgehead atoms. The molecule has 4 nitrogen and oxygen atoms in total. The predicted octanol–water partition coefficient (Wildman–Crippen LogP) is 5.05. The first-order valence-corrected chi connectivity index (χ1v) is 7.78. The number of nitro benzene ring substituents is 1. The first kappa shape index (κ1) is 16.0. The van der Waals surface area contributed by atoms with Crippen LogP contribution in [0.1, 0.15) is 18.5 Å². The molecule has 0 N–H and O–H groups in total. The summed E-state index contributed by atoms with van der Waals surface area (Å²) in [6.45, 7) is 2.07. The summed E-state index contributed by atoms with van der Waals surface area (Å²) < 4.78 is 0.625. The smallest absolute Gasteiger partial charge is 0.282 e. The van der Waals surface area contributed by atoms with Crippen LogP contribution < -0.4 is 4.90 Å². The van der Waals surface area contributed by atoms with Gasteiger partial charge in [0.1, 0.15) is 0 Å². The average molecular weight is 417 g/mol. The molecule has 2 aromatic rings. The van der Waals surface area contributed by atoms with Crippen LogP contribution in [0.15, 0.2) is 42.5 Å². The first-order valence-electron chi connectivity index (χ1n) is 6.32. The van der Waals surface area contributed by atoms with Crippen molar-refractivity contribution in [2.24, 2.45) is 0 Å². The Morgan fingerprint density at radius 1 is 1.29 bits per heavy atom. The third-order valence-corrected chi connectivity index (χ3v) is 4.55. The Balaban J connectivity index is 2.29. The predicted molar refractivity (Wildman–Crippen MR) is 94.1 cm³/mol. The molecule has 0 radical (unpaired) electrons. The summed E-state index contributed by atoms with van der Waals surface area (Å²) in [5.41, 5.74) is 2.15. The van der Waals surface area contributed by atoms with Gasteiger partial charge in [0, 0.05) is 23.8 Å². The zero-order valence-corrected chi connectivity index (χ0v) is 14.5. The summed E-state index contributed by atoms with van der Waals surface area (Å²) in [5, 5.41) is 11.6. The monoisotopic (exact) mass is 416 g/mol. The lowest BCUT2D eigenvalue weighted by Gasteiger charge is -2.27. The van der Waals surface area contributed by atoms with Crippen molar-refractivity contribution in [2.45, 2.75) is 13.0 Å². The lowest BCUT2D eigenvalue weighted by Crippen LogP contribution is -2.21. The maximum absolute atomic E-state index is 10.9. The Hall–Kier alpha value is -1.34. The lowest BCUT2D eigenvalue weighted by atomic mass is 10.1. The van der Waals surface area contributed by atoms with Crippen molar-refractivity contribution in [3.05, 3.63) is 66.7 Å². The van der Waals surface area contributed by atoms with Gasteiger partial charge in [0.2, 0.25) is 0 Å². The number of hydrogen-bond acceptors (Lipinski definition) is 3. The third-order valence-electron chi connectivity index (χ3n) is 3.45. The van der Waals surface area contributed by atoms with Crippen LogP contribution in [-0.2, 0) is 0 Å². The minimum atomic E-state index is -0.369. The van der Waals surface area contributed by atoms with E-state index < -0.39 is 0 Å². The van der Waals surface area contributed by atoms with Crippen LogP contribution in [-0.4, -0.2) is 12.0 Å². The van der Waals surface area contributed by atoms with Gasteiger partial charge in [-0.3, -0.25) is 10.1 Å². The van der Waals surface area contributed by atoms with Gasteiger partial charge in [0.05, 0.1) is 14.5 Å². The largest absolute Gasteiger partial charge is 0.368 e. The maximum atomic E-state index is 10.9. The molecule has 0 fully saturated rings. The molecule has 110 valence electrons. The van der Waals surface area contributed by atoms with Gasteiger partial charge in [0.15, 0.2) is 0 Å². The number of anilines is 1. The van der Waals surface area contributed by atoms with Gasteiger partial charge in [0.25, 0.3) is 5.69 Å². The standard InChI is InChI=1S/C15H14ClIN2O2/c1-10(11-4-3-5-12(16)8-11)18(2)13-6-7-15(19(20)21)14(17)9-13/h3-10H,1-2H3. The van der Waals surface area contributed by atoms with Crippen LogP contribution in [0, 0.1) is 13.7 Å². The summed E-state index contributed by atoms with van der Waals surface area (Å²) in [6, 6.07) is 12.9. The molecule has 6 heteroatoms. The van der Waals surface area contributed by atoms with Gasteiger partial charge in [-0.2, -0.15) is 0 Å². The highest BCUT2D eigenvalue weighted by molar-refractivity contribution is 14.1. The maximum Gasteiger partial charge on any atom is 0.282 e. The fraction of sp³-hybridized carbons (Fsp3) is 0.200. The summed E-state index contributed by atoms with van der Waals surface area (Å²) in [7, 11) is 1.96. The normalized spacial score (nSPS) is 12.0. The number of rotatable bonds is 4. The Morgan fingerprint density at radius 3 is 2.57 bits per heavy atom. The van der Waals surface area contributed by atoms with Crippen LogP contribution in [0.25, 0.3) is 0 Å². The Bertz CT molecular complexity index is 678.